The van der Waals surface area contributed by atoms with Crippen LogP contribution in [0.1, 0.15) is 0 Å². The molecule has 0 bridgehead atoms. The van der Waals surface area contributed by atoms with Gasteiger partial charge in [0.1, 0.15) is 0 Å². The summed E-state index contributed by atoms with van der Waals surface area (Å²) in [5, 5.41) is 0.728. The van der Waals surface area contributed by atoms with Crippen molar-refractivity contribution in [2.75, 3.05) is 0 Å². The predicted molar refractivity (Wildman–Crippen MR) is 63.4 cm³/mol. The van der Waals surface area contributed by atoms with Crippen molar-refractivity contribution in [1.82, 2.24) is 0 Å². The Labute approximate surface area is 96.7 Å². The van der Waals surface area contributed by atoms with Gasteiger partial charge in [-0.05, 0) is 35.4 Å². The summed E-state index contributed by atoms with van der Waals surface area (Å²) in [5.74, 6) is 0. The van der Waals surface area contributed by atoms with Gasteiger partial charge in [0, 0.05) is 9.50 Å². The quantitative estimate of drug-likeness (QED) is 0.709. The molecule has 0 amide bonds. The molecule has 1 radical (unpaired) electrons. The number of hydrogen-bond donors (Lipinski definition) is 0. The fourth-order valence-electron chi connectivity index (χ4n) is 1.28. The average molecular weight is 267 g/mol. The zero-order valence-corrected chi connectivity index (χ0v) is 9.64. The number of hydrogen-bond acceptors (Lipinski definition) is 0. The molecule has 2 aromatic carbocycles. The molecule has 0 heterocycles. The molecule has 2 heteroatoms. The van der Waals surface area contributed by atoms with E-state index >= 15 is 0 Å². The third-order valence-electron chi connectivity index (χ3n) is 1.88. The zero-order chi connectivity index (χ0) is 9.97. The van der Waals surface area contributed by atoms with Gasteiger partial charge in [0.05, 0.1) is 0 Å². The highest BCUT2D eigenvalue weighted by Gasteiger charge is 1.99. The first-order chi connectivity index (χ1) is 6.75. The van der Waals surface area contributed by atoms with Crippen molar-refractivity contribution in [3.63, 3.8) is 0 Å². The minimum atomic E-state index is 0.728. The molecule has 0 fully saturated rings. The second-order valence-corrected chi connectivity index (χ2v) is 4.29. The number of rotatable bonds is 1. The van der Waals surface area contributed by atoms with Crippen molar-refractivity contribution in [1.29, 1.82) is 0 Å². The van der Waals surface area contributed by atoms with Gasteiger partial charge < -0.3 is 0 Å². The molecule has 0 aliphatic heterocycles. The van der Waals surface area contributed by atoms with Gasteiger partial charge in [-0.25, -0.2) is 0 Å². The molecule has 0 aliphatic rings. The van der Waals surface area contributed by atoms with E-state index in [1.807, 2.05) is 42.5 Å². The van der Waals surface area contributed by atoms with Crippen molar-refractivity contribution in [3.05, 3.63) is 58.0 Å². The molecule has 0 atom stereocenters. The van der Waals surface area contributed by atoms with E-state index in [-0.39, 0.29) is 0 Å². The lowest BCUT2D eigenvalue weighted by Gasteiger charge is -2.02. The van der Waals surface area contributed by atoms with Crippen LogP contribution in [0.15, 0.2) is 46.9 Å². The Kier molecular flexibility index (Phi) is 2.90. The molecular formula is C12H7BrCl. The Morgan fingerprint density at radius 1 is 1.14 bits per heavy atom. The molecule has 0 saturated carbocycles. The van der Waals surface area contributed by atoms with Crippen LogP contribution in [-0.4, -0.2) is 0 Å². The Bertz CT molecular complexity index is 417. The van der Waals surface area contributed by atoms with Gasteiger partial charge in [-0.15, -0.1) is 0 Å². The van der Waals surface area contributed by atoms with Gasteiger partial charge in [-0.1, -0.05) is 51.8 Å². The van der Waals surface area contributed by atoms with Crippen LogP contribution in [0, 0.1) is 6.07 Å². The molecule has 14 heavy (non-hydrogen) atoms. The molecule has 2 aromatic rings. The minimum absolute atomic E-state index is 0.728. The lowest BCUT2D eigenvalue weighted by Crippen LogP contribution is -1.77. The van der Waals surface area contributed by atoms with Crippen LogP contribution in [0.2, 0.25) is 5.02 Å². The monoisotopic (exact) mass is 265 g/mol. The SMILES string of the molecule is Clc1cc(Br)cc(-c2[c]cccc2)c1. The molecule has 0 N–H and O–H groups in total. The highest BCUT2D eigenvalue weighted by atomic mass is 79.9. The third kappa shape index (κ3) is 2.17. The van der Waals surface area contributed by atoms with Crippen molar-refractivity contribution >= 4 is 27.5 Å². The van der Waals surface area contributed by atoms with E-state index in [0.717, 1.165) is 20.6 Å². The van der Waals surface area contributed by atoms with Crippen molar-refractivity contribution in [2.45, 2.75) is 0 Å². The molecule has 0 aliphatic carbocycles. The van der Waals surface area contributed by atoms with E-state index in [2.05, 4.69) is 22.0 Å². The van der Waals surface area contributed by atoms with Gasteiger partial charge in [0.25, 0.3) is 0 Å². The summed E-state index contributed by atoms with van der Waals surface area (Å²) >= 11 is 9.37. The summed E-state index contributed by atoms with van der Waals surface area (Å²) in [6, 6.07) is 16.8. The summed E-state index contributed by atoms with van der Waals surface area (Å²) in [7, 11) is 0. The van der Waals surface area contributed by atoms with Gasteiger partial charge in [0.15, 0.2) is 0 Å². The van der Waals surface area contributed by atoms with Crippen LogP contribution >= 0.6 is 27.5 Å². The summed E-state index contributed by atoms with van der Waals surface area (Å²) in [5.41, 5.74) is 2.13. The van der Waals surface area contributed by atoms with E-state index in [4.69, 9.17) is 11.6 Å². The Morgan fingerprint density at radius 3 is 2.64 bits per heavy atom. The fraction of sp³-hybridized carbons (Fsp3) is 0. The van der Waals surface area contributed by atoms with Crippen LogP contribution in [0.3, 0.4) is 0 Å². The predicted octanol–water partition coefficient (Wildman–Crippen LogP) is 4.57. The van der Waals surface area contributed by atoms with Gasteiger partial charge >= 0.3 is 0 Å². The van der Waals surface area contributed by atoms with Crippen LogP contribution in [0.4, 0.5) is 0 Å². The largest absolute Gasteiger partial charge is 0.0843 e. The maximum Gasteiger partial charge on any atom is 0.0423 e. The topological polar surface area (TPSA) is 0 Å². The number of benzene rings is 2. The lowest BCUT2D eigenvalue weighted by molar-refractivity contribution is 1.58. The molecule has 0 spiro atoms. The normalized spacial score (nSPS) is 10.1. The molecule has 0 aromatic heterocycles. The maximum absolute atomic E-state index is 5.96. The van der Waals surface area contributed by atoms with Crippen molar-refractivity contribution < 1.29 is 0 Å². The fourth-order valence-corrected chi connectivity index (χ4v) is 2.14. The Morgan fingerprint density at radius 2 is 2.00 bits per heavy atom. The van der Waals surface area contributed by atoms with E-state index < -0.39 is 0 Å². The Hall–Kier alpha value is -0.790. The summed E-state index contributed by atoms with van der Waals surface area (Å²) in [6.07, 6.45) is 0. The summed E-state index contributed by atoms with van der Waals surface area (Å²) in [4.78, 5) is 0. The Balaban J connectivity index is 2.52. The lowest BCUT2D eigenvalue weighted by atomic mass is 10.1. The van der Waals surface area contributed by atoms with E-state index in [9.17, 15) is 0 Å². The van der Waals surface area contributed by atoms with Crippen LogP contribution in [0.25, 0.3) is 11.1 Å². The van der Waals surface area contributed by atoms with E-state index in [0.29, 0.717) is 0 Å². The first kappa shape index (κ1) is 9.75. The van der Waals surface area contributed by atoms with E-state index in [1.165, 1.54) is 0 Å². The van der Waals surface area contributed by atoms with Crippen LogP contribution < -0.4 is 0 Å². The second-order valence-electron chi connectivity index (χ2n) is 2.93. The average Bonchev–Trinajstić information content (AvgIpc) is 2.18. The second kappa shape index (κ2) is 4.16. The minimum Gasteiger partial charge on any atom is -0.0843 e. The number of halogens is 2. The van der Waals surface area contributed by atoms with Crippen molar-refractivity contribution in [2.24, 2.45) is 0 Å². The molecule has 0 saturated heterocycles. The smallest absolute Gasteiger partial charge is 0.0423 e. The van der Waals surface area contributed by atoms with Crippen molar-refractivity contribution in [3.8, 4) is 11.1 Å². The van der Waals surface area contributed by atoms with Crippen LogP contribution in [-0.2, 0) is 0 Å². The molecule has 69 valence electrons. The van der Waals surface area contributed by atoms with Gasteiger partial charge in [-0.3, -0.25) is 0 Å². The van der Waals surface area contributed by atoms with Gasteiger partial charge in [0.2, 0.25) is 0 Å². The van der Waals surface area contributed by atoms with E-state index in [1.54, 1.807) is 0 Å². The molecule has 0 unspecified atom stereocenters. The summed E-state index contributed by atoms with van der Waals surface area (Å²) in [6.45, 7) is 0. The first-order valence-electron chi connectivity index (χ1n) is 4.19. The zero-order valence-electron chi connectivity index (χ0n) is 7.30. The first-order valence-corrected chi connectivity index (χ1v) is 5.36. The maximum atomic E-state index is 5.96. The molecule has 0 nitrogen and oxygen atoms in total. The summed E-state index contributed by atoms with van der Waals surface area (Å²) < 4.78 is 0.984. The molecule has 2 rings (SSSR count). The standard InChI is InChI=1S/C12H7BrCl/c13-11-6-10(7-12(14)8-11)9-4-2-1-3-5-9/h1-4,6-8H. The highest BCUT2D eigenvalue weighted by molar-refractivity contribution is 9.10. The third-order valence-corrected chi connectivity index (χ3v) is 2.56. The van der Waals surface area contributed by atoms with Crippen LogP contribution in [0.5, 0.6) is 0 Å². The molecular weight excluding hydrogens is 259 g/mol. The van der Waals surface area contributed by atoms with Gasteiger partial charge in [-0.2, -0.15) is 0 Å². The highest BCUT2D eigenvalue weighted by Crippen LogP contribution is 2.26.